The second-order valence-electron chi connectivity index (χ2n) is 6.95. The summed E-state index contributed by atoms with van der Waals surface area (Å²) in [6.45, 7) is 2.77. The van der Waals surface area contributed by atoms with Crippen LogP contribution in [-0.4, -0.2) is 62.6 Å². The predicted octanol–water partition coefficient (Wildman–Crippen LogP) is 2.32. The molecule has 1 fully saturated rings. The molecule has 1 heterocycles. The molecule has 6 nitrogen and oxygen atoms in total. The van der Waals surface area contributed by atoms with Crippen molar-refractivity contribution in [1.82, 2.24) is 9.80 Å². The van der Waals surface area contributed by atoms with E-state index in [-0.39, 0.29) is 11.9 Å². The van der Waals surface area contributed by atoms with Crippen molar-refractivity contribution >= 4 is 11.9 Å². The molecule has 144 valence electrons. The van der Waals surface area contributed by atoms with Crippen molar-refractivity contribution in [2.45, 2.75) is 32.2 Å². The van der Waals surface area contributed by atoms with Gasteiger partial charge in [0, 0.05) is 20.0 Å². The Kier molecular flexibility index (Phi) is 7.91. The average molecular weight is 362 g/mol. The molecule has 0 aromatic heterocycles. The lowest BCUT2D eigenvalue weighted by atomic mass is 9.97. The van der Waals surface area contributed by atoms with Gasteiger partial charge in [0.15, 0.2) is 0 Å². The fraction of sp³-hybridized carbons (Fsp3) is 0.600. The standard InChI is InChI=1S/C20H30N2O4/c1-21(14-17-6-8-18(25-2)9-7-17)19(23)15-22-11-4-5-16(10-12-22)13-20(24)26-3/h6-9,16H,4-5,10-15H2,1-3H3/t16-/m0/s1. The molecule has 1 aliphatic rings. The van der Waals surface area contributed by atoms with Crippen molar-refractivity contribution in [1.29, 1.82) is 0 Å². The van der Waals surface area contributed by atoms with E-state index in [4.69, 9.17) is 9.47 Å². The number of likely N-dealkylation sites (N-methyl/N-ethyl adjacent to an activating group) is 1. The molecule has 1 aliphatic heterocycles. The Hall–Kier alpha value is -2.08. The summed E-state index contributed by atoms with van der Waals surface area (Å²) >= 11 is 0. The van der Waals surface area contributed by atoms with E-state index in [1.807, 2.05) is 31.3 Å². The van der Waals surface area contributed by atoms with Gasteiger partial charge in [-0.1, -0.05) is 12.1 Å². The number of likely N-dealkylation sites (tertiary alicyclic amines) is 1. The van der Waals surface area contributed by atoms with Crippen LogP contribution in [0.25, 0.3) is 0 Å². The maximum Gasteiger partial charge on any atom is 0.305 e. The molecule has 0 N–H and O–H groups in total. The maximum absolute atomic E-state index is 12.5. The summed E-state index contributed by atoms with van der Waals surface area (Å²) in [5, 5.41) is 0. The Bertz CT molecular complexity index is 588. The van der Waals surface area contributed by atoms with E-state index < -0.39 is 0 Å². The fourth-order valence-electron chi connectivity index (χ4n) is 3.31. The van der Waals surface area contributed by atoms with Crippen molar-refractivity contribution < 1.29 is 19.1 Å². The predicted molar refractivity (Wildman–Crippen MR) is 99.9 cm³/mol. The Morgan fingerprint density at radius 1 is 1.15 bits per heavy atom. The van der Waals surface area contributed by atoms with Gasteiger partial charge >= 0.3 is 5.97 Å². The number of hydrogen-bond donors (Lipinski definition) is 0. The molecule has 1 aromatic carbocycles. The zero-order valence-corrected chi connectivity index (χ0v) is 16.1. The summed E-state index contributed by atoms with van der Waals surface area (Å²) in [5.74, 6) is 1.15. The van der Waals surface area contributed by atoms with Crippen LogP contribution in [0.2, 0.25) is 0 Å². The molecule has 6 heteroatoms. The summed E-state index contributed by atoms with van der Waals surface area (Å²) in [7, 11) is 4.91. The summed E-state index contributed by atoms with van der Waals surface area (Å²) < 4.78 is 9.92. The van der Waals surface area contributed by atoms with Crippen LogP contribution in [0, 0.1) is 5.92 Å². The van der Waals surface area contributed by atoms with Crippen molar-refractivity contribution in [2.24, 2.45) is 5.92 Å². The average Bonchev–Trinajstić information content (AvgIpc) is 2.87. The molecular weight excluding hydrogens is 332 g/mol. The zero-order valence-electron chi connectivity index (χ0n) is 16.1. The number of amides is 1. The molecule has 0 unspecified atom stereocenters. The molecular formula is C20H30N2O4. The van der Waals surface area contributed by atoms with E-state index in [0.717, 1.165) is 43.7 Å². The van der Waals surface area contributed by atoms with E-state index in [1.165, 1.54) is 7.11 Å². The molecule has 1 amide bonds. The van der Waals surface area contributed by atoms with Crippen LogP contribution in [0.15, 0.2) is 24.3 Å². The molecule has 1 saturated heterocycles. The van der Waals surface area contributed by atoms with Gasteiger partial charge in [-0.2, -0.15) is 0 Å². The first-order valence-corrected chi connectivity index (χ1v) is 9.18. The number of rotatable bonds is 7. The molecule has 0 saturated carbocycles. The van der Waals surface area contributed by atoms with E-state index in [0.29, 0.717) is 25.4 Å². The summed E-state index contributed by atoms with van der Waals surface area (Å²) in [4.78, 5) is 28.0. The molecule has 0 radical (unpaired) electrons. The van der Waals surface area contributed by atoms with Crippen molar-refractivity contribution in [3.8, 4) is 5.75 Å². The minimum Gasteiger partial charge on any atom is -0.497 e. The Morgan fingerprint density at radius 3 is 2.54 bits per heavy atom. The fourth-order valence-corrected chi connectivity index (χ4v) is 3.31. The number of esters is 1. The molecule has 26 heavy (non-hydrogen) atoms. The third kappa shape index (κ3) is 6.33. The Morgan fingerprint density at radius 2 is 1.88 bits per heavy atom. The third-order valence-corrected chi connectivity index (χ3v) is 4.99. The van der Waals surface area contributed by atoms with Gasteiger partial charge in [0.05, 0.1) is 20.8 Å². The van der Waals surface area contributed by atoms with Crippen molar-refractivity contribution in [3.63, 3.8) is 0 Å². The van der Waals surface area contributed by atoms with Gasteiger partial charge < -0.3 is 14.4 Å². The minimum absolute atomic E-state index is 0.118. The Balaban J connectivity index is 1.79. The topological polar surface area (TPSA) is 59.1 Å². The first kappa shape index (κ1) is 20.2. The first-order valence-electron chi connectivity index (χ1n) is 9.18. The number of nitrogens with zero attached hydrogens (tertiary/aromatic N) is 2. The SMILES string of the molecule is COC(=O)C[C@H]1CCCN(CC(=O)N(C)Cc2ccc(OC)cc2)CC1. The summed E-state index contributed by atoms with van der Waals surface area (Å²) in [6.07, 6.45) is 3.44. The van der Waals surface area contributed by atoms with Gasteiger partial charge in [-0.05, 0) is 56.0 Å². The quantitative estimate of drug-likeness (QED) is 0.697. The monoisotopic (exact) mass is 362 g/mol. The Labute approximate surface area is 156 Å². The highest BCUT2D eigenvalue weighted by Gasteiger charge is 2.22. The van der Waals surface area contributed by atoms with Gasteiger partial charge in [-0.15, -0.1) is 0 Å². The number of carbonyl (C=O) groups excluding carboxylic acids is 2. The third-order valence-electron chi connectivity index (χ3n) is 4.99. The van der Waals surface area contributed by atoms with Gasteiger partial charge in [0.25, 0.3) is 0 Å². The smallest absolute Gasteiger partial charge is 0.305 e. The molecule has 0 spiro atoms. The molecule has 1 aromatic rings. The van der Waals surface area contributed by atoms with Crippen LogP contribution in [0.4, 0.5) is 0 Å². The highest BCUT2D eigenvalue weighted by molar-refractivity contribution is 5.78. The number of carbonyl (C=O) groups is 2. The maximum atomic E-state index is 12.5. The zero-order chi connectivity index (χ0) is 18.9. The van der Waals surface area contributed by atoms with Crippen LogP contribution in [0.1, 0.15) is 31.2 Å². The lowest BCUT2D eigenvalue weighted by Crippen LogP contribution is -2.38. The summed E-state index contributed by atoms with van der Waals surface area (Å²) in [5.41, 5.74) is 1.08. The number of ether oxygens (including phenoxy) is 2. The van der Waals surface area contributed by atoms with E-state index in [2.05, 4.69) is 4.90 Å². The van der Waals surface area contributed by atoms with Gasteiger partial charge in [-0.25, -0.2) is 0 Å². The molecule has 0 aliphatic carbocycles. The van der Waals surface area contributed by atoms with Crippen molar-refractivity contribution in [2.75, 3.05) is 40.9 Å². The lowest BCUT2D eigenvalue weighted by molar-refractivity contribution is -0.141. The van der Waals surface area contributed by atoms with Gasteiger partial charge in [0.1, 0.15) is 5.75 Å². The highest BCUT2D eigenvalue weighted by atomic mass is 16.5. The van der Waals surface area contributed by atoms with E-state index >= 15 is 0 Å². The largest absolute Gasteiger partial charge is 0.497 e. The van der Waals surface area contributed by atoms with E-state index in [1.54, 1.807) is 12.0 Å². The van der Waals surface area contributed by atoms with Crippen molar-refractivity contribution in [3.05, 3.63) is 29.8 Å². The number of methoxy groups -OCH3 is 2. The number of hydrogen-bond acceptors (Lipinski definition) is 5. The number of benzene rings is 1. The second kappa shape index (κ2) is 10.2. The van der Waals surface area contributed by atoms with E-state index in [9.17, 15) is 9.59 Å². The second-order valence-corrected chi connectivity index (χ2v) is 6.95. The highest BCUT2D eigenvalue weighted by Crippen LogP contribution is 2.21. The van der Waals surface area contributed by atoms with Crippen LogP contribution < -0.4 is 4.74 Å². The van der Waals surface area contributed by atoms with Crippen LogP contribution in [0.3, 0.4) is 0 Å². The lowest BCUT2D eigenvalue weighted by Gasteiger charge is -2.24. The molecule has 1 atom stereocenters. The first-order chi connectivity index (χ1) is 12.5. The summed E-state index contributed by atoms with van der Waals surface area (Å²) in [6, 6.07) is 7.77. The minimum atomic E-state index is -0.140. The van der Waals surface area contributed by atoms with Crippen LogP contribution in [0.5, 0.6) is 5.75 Å². The molecule has 0 bridgehead atoms. The van der Waals surface area contributed by atoms with Crippen LogP contribution >= 0.6 is 0 Å². The van der Waals surface area contributed by atoms with Gasteiger partial charge in [0.2, 0.25) is 5.91 Å². The molecule has 2 rings (SSSR count). The van der Waals surface area contributed by atoms with Crippen LogP contribution in [-0.2, 0) is 20.9 Å². The van der Waals surface area contributed by atoms with Gasteiger partial charge in [-0.3, -0.25) is 14.5 Å². The normalized spacial score (nSPS) is 18.0.